The number of sulfone groups is 1. The smallest absolute Gasteiger partial charge is 0.329 e. The second-order valence-corrected chi connectivity index (χ2v) is 11.3. The fraction of sp³-hybridized carbons (Fsp3) is 0.458. The molecule has 0 aliphatic heterocycles. The quantitative estimate of drug-likeness (QED) is 0.445. The van der Waals surface area contributed by atoms with Crippen LogP contribution in [-0.4, -0.2) is 43.3 Å². The fourth-order valence-electron chi connectivity index (χ4n) is 4.44. The minimum atomic E-state index is -3.43. The minimum absolute atomic E-state index is 0.226. The average Bonchev–Trinajstić information content (AvgIpc) is 2.99. The zero-order chi connectivity index (χ0) is 23.8. The summed E-state index contributed by atoms with van der Waals surface area (Å²) in [5, 5.41) is 0.532. The van der Waals surface area contributed by atoms with Gasteiger partial charge in [0.05, 0.1) is 36.5 Å². The van der Waals surface area contributed by atoms with Gasteiger partial charge in [0.2, 0.25) is 0 Å². The van der Waals surface area contributed by atoms with Crippen molar-refractivity contribution in [1.29, 1.82) is 0 Å². The summed E-state index contributed by atoms with van der Waals surface area (Å²) in [6.07, 6.45) is 4.52. The zero-order valence-corrected chi connectivity index (χ0v) is 20.7. The number of aromatic nitrogens is 2. The molecule has 1 atom stereocenters. The highest BCUT2D eigenvalue weighted by atomic mass is 35.5. The Labute approximate surface area is 198 Å². The van der Waals surface area contributed by atoms with Crippen LogP contribution >= 0.6 is 11.6 Å². The number of benzene rings is 2. The number of halogens is 1. The number of imidazole rings is 1. The van der Waals surface area contributed by atoms with Gasteiger partial charge in [0.25, 0.3) is 0 Å². The Morgan fingerprint density at radius 2 is 1.88 bits per heavy atom. The highest BCUT2D eigenvalue weighted by molar-refractivity contribution is 7.90. The van der Waals surface area contributed by atoms with Crippen molar-refractivity contribution in [2.24, 2.45) is 5.92 Å². The molecule has 7 nitrogen and oxygen atoms in total. The Bertz CT molecular complexity index is 1320. The largest absolute Gasteiger partial charge is 0.493 e. The van der Waals surface area contributed by atoms with E-state index in [4.69, 9.17) is 21.1 Å². The lowest BCUT2D eigenvalue weighted by atomic mass is 9.85. The number of fused-ring (bicyclic) bond motifs is 1. The SMILES string of the molecule is CCOc1cc([C@H](CS(C)(=O)=O)n2c(=O)n(CC3CCC3)c3cc(Cl)ccc32)ccc1OC. The highest BCUT2D eigenvalue weighted by Gasteiger charge is 2.28. The van der Waals surface area contributed by atoms with Gasteiger partial charge < -0.3 is 9.47 Å². The molecule has 1 aliphatic carbocycles. The van der Waals surface area contributed by atoms with E-state index in [0.717, 1.165) is 18.4 Å². The first kappa shape index (κ1) is 23.7. The zero-order valence-electron chi connectivity index (χ0n) is 19.1. The monoisotopic (exact) mass is 492 g/mol. The van der Waals surface area contributed by atoms with Crippen LogP contribution in [0.15, 0.2) is 41.2 Å². The van der Waals surface area contributed by atoms with E-state index in [9.17, 15) is 13.2 Å². The van der Waals surface area contributed by atoms with Gasteiger partial charge in [-0.3, -0.25) is 9.13 Å². The molecule has 4 rings (SSSR count). The van der Waals surface area contributed by atoms with E-state index in [1.165, 1.54) is 12.7 Å². The molecule has 1 fully saturated rings. The topological polar surface area (TPSA) is 79.5 Å². The summed E-state index contributed by atoms with van der Waals surface area (Å²) in [5.74, 6) is 1.27. The van der Waals surface area contributed by atoms with Crippen LogP contribution in [0.5, 0.6) is 11.5 Å². The van der Waals surface area contributed by atoms with E-state index in [2.05, 4.69) is 0 Å². The summed E-state index contributed by atoms with van der Waals surface area (Å²) in [5.41, 5.74) is 1.80. The molecule has 0 amide bonds. The lowest BCUT2D eigenvalue weighted by molar-refractivity contribution is 0.275. The van der Waals surface area contributed by atoms with E-state index >= 15 is 0 Å². The maximum atomic E-state index is 13.7. The first-order chi connectivity index (χ1) is 15.7. The van der Waals surface area contributed by atoms with Gasteiger partial charge in [0, 0.05) is 17.8 Å². The molecule has 33 heavy (non-hydrogen) atoms. The molecular formula is C24H29ClN2O5S. The Hall–Kier alpha value is -2.45. The molecular weight excluding hydrogens is 464 g/mol. The number of nitrogens with zero attached hydrogens (tertiary/aromatic N) is 2. The molecule has 0 unspecified atom stereocenters. The molecule has 1 saturated carbocycles. The van der Waals surface area contributed by atoms with Crippen molar-refractivity contribution in [2.75, 3.05) is 25.7 Å². The fourth-order valence-corrected chi connectivity index (χ4v) is 5.52. The second kappa shape index (κ2) is 9.43. The number of hydrogen-bond donors (Lipinski definition) is 0. The van der Waals surface area contributed by atoms with E-state index < -0.39 is 15.9 Å². The summed E-state index contributed by atoms with van der Waals surface area (Å²) < 4.78 is 39.4. The van der Waals surface area contributed by atoms with Crippen LogP contribution < -0.4 is 15.2 Å². The van der Waals surface area contributed by atoms with Crippen molar-refractivity contribution in [3.05, 3.63) is 57.5 Å². The third-order valence-corrected chi connectivity index (χ3v) is 7.39. The molecule has 0 N–H and O–H groups in total. The predicted octanol–water partition coefficient (Wildman–Crippen LogP) is 4.30. The van der Waals surface area contributed by atoms with Crippen molar-refractivity contribution >= 4 is 32.5 Å². The number of ether oxygens (including phenoxy) is 2. The van der Waals surface area contributed by atoms with E-state index in [0.29, 0.717) is 46.7 Å². The normalized spacial score (nSPS) is 15.4. The molecule has 0 saturated heterocycles. The predicted molar refractivity (Wildman–Crippen MR) is 131 cm³/mol. The van der Waals surface area contributed by atoms with Crippen molar-refractivity contribution in [2.45, 2.75) is 38.8 Å². The Morgan fingerprint density at radius 3 is 2.48 bits per heavy atom. The van der Waals surface area contributed by atoms with Gasteiger partial charge in [-0.15, -0.1) is 0 Å². The van der Waals surface area contributed by atoms with Gasteiger partial charge in [0.15, 0.2) is 11.5 Å². The van der Waals surface area contributed by atoms with E-state index in [1.54, 1.807) is 52.6 Å². The van der Waals surface area contributed by atoms with Gasteiger partial charge in [-0.25, -0.2) is 13.2 Å². The van der Waals surface area contributed by atoms with Crippen LogP contribution in [0, 0.1) is 5.92 Å². The number of methoxy groups -OCH3 is 1. The van der Waals surface area contributed by atoms with Crippen LogP contribution in [0.3, 0.4) is 0 Å². The van der Waals surface area contributed by atoms with Crippen molar-refractivity contribution in [3.8, 4) is 11.5 Å². The first-order valence-electron chi connectivity index (χ1n) is 11.1. The van der Waals surface area contributed by atoms with Gasteiger partial charge in [0.1, 0.15) is 9.84 Å². The maximum absolute atomic E-state index is 13.7. The van der Waals surface area contributed by atoms with Gasteiger partial charge in [-0.1, -0.05) is 24.1 Å². The summed E-state index contributed by atoms with van der Waals surface area (Å²) in [4.78, 5) is 13.7. The van der Waals surface area contributed by atoms with Crippen molar-refractivity contribution in [1.82, 2.24) is 9.13 Å². The van der Waals surface area contributed by atoms with Crippen LogP contribution in [-0.2, 0) is 16.4 Å². The van der Waals surface area contributed by atoms with E-state index in [-0.39, 0.29) is 11.4 Å². The van der Waals surface area contributed by atoms with Crippen molar-refractivity contribution < 1.29 is 17.9 Å². The molecule has 0 radical (unpaired) electrons. The third kappa shape index (κ3) is 4.92. The molecule has 1 aromatic heterocycles. The first-order valence-corrected chi connectivity index (χ1v) is 13.5. The van der Waals surface area contributed by atoms with Crippen LogP contribution in [0.2, 0.25) is 5.02 Å². The Morgan fingerprint density at radius 1 is 1.12 bits per heavy atom. The highest BCUT2D eigenvalue weighted by Crippen LogP contribution is 2.34. The minimum Gasteiger partial charge on any atom is -0.493 e. The lowest BCUT2D eigenvalue weighted by Gasteiger charge is -2.25. The average molecular weight is 493 g/mol. The molecule has 0 spiro atoms. The van der Waals surface area contributed by atoms with E-state index in [1.807, 2.05) is 6.92 Å². The van der Waals surface area contributed by atoms with Gasteiger partial charge in [-0.05, 0) is 61.6 Å². The standard InChI is InChI=1S/C24H29ClN2O5S/c1-4-32-23-12-17(8-11-22(23)31-2)21(15-33(3,29)30)27-19-10-9-18(25)13-20(19)26(24(27)28)14-16-6-5-7-16/h8-13,16,21H,4-7,14-15H2,1-3H3/t21-/m0/s1. The van der Waals surface area contributed by atoms with Gasteiger partial charge in [-0.2, -0.15) is 0 Å². The Balaban J connectivity index is 1.93. The molecule has 2 aromatic carbocycles. The number of rotatable bonds is 9. The van der Waals surface area contributed by atoms with Gasteiger partial charge >= 0.3 is 5.69 Å². The second-order valence-electron chi connectivity index (χ2n) is 8.64. The summed E-state index contributed by atoms with van der Waals surface area (Å²) in [7, 11) is -1.88. The molecule has 178 valence electrons. The van der Waals surface area contributed by atoms with Crippen molar-refractivity contribution in [3.63, 3.8) is 0 Å². The third-order valence-electron chi connectivity index (χ3n) is 6.23. The summed E-state index contributed by atoms with van der Waals surface area (Å²) >= 11 is 6.28. The Kier molecular flexibility index (Phi) is 6.77. The summed E-state index contributed by atoms with van der Waals surface area (Å²) in [6, 6.07) is 9.85. The molecule has 3 aromatic rings. The molecule has 9 heteroatoms. The maximum Gasteiger partial charge on any atom is 0.329 e. The summed E-state index contributed by atoms with van der Waals surface area (Å²) in [6.45, 7) is 2.89. The molecule has 1 aliphatic rings. The van der Waals surface area contributed by atoms with Crippen LogP contribution in [0.25, 0.3) is 11.0 Å². The molecule has 0 bridgehead atoms. The number of hydrogen-bond acceptors (Lipinski definition) is 5. The molecule has 1 heterocycles. The van der Waals surface area contributed by atoms with Crippen LogP contribution in [0.4, 0.5) is 0 Å². The van der Waals surface area contributed by atoms with Crippen LogP contribution in [0.1, 0.15) is 37.8 Å². The lowest BCUT2D eigenvalue weighted by Crippen LogP contribution is -2.33.